The van der Waals surface area contributed by atoms with E-state index in [4.69, 9.17) is 9.72 Å². The molecule has 0 spiro atoms. The molecule has 1 N–H and O–H groups in total. The van der Waals surface area contributed by atoms with E-state index in [0.717, 1.165) is 41.3 Å². The molecule has 1 saturated heterocycles. The van der Waals surface area contributed by atoms with Crippen LogP contribution in [0.5, 0.6) is 0 Å². The lowest BCUT2D eigenvalue weighted by atomic mass is 9.84. The number of cyclic esters (lactones) is 1. The molecule has 3 aliphatic heterocycles. The van der Waals surface area contributed by atoms with Crippen LogP contribution >= 0.6 is 0 Å². The number of carbonyl (C=O) groups excluding carboxylic acids is 2. The van der Waals surface area contributed by atoms with E-state index in [1.165, 1.54) is 6.07 Å². The average Bonchev–Trinajstić information content (AvgIpc) is 3.08. The first-order chi connectivity index (χ1) is 14.0. The predicted molar refractivity (Wildman–Crippen MR) is 100 cm³/mol. The van der Waals surface area contributed by atoms with Crippen molar-refractivity contribution >= 4 is 28.5 Å². The van der Waals surface area contributed by atoms with E-state index in [1.54, 1.807) is 10.7 Å². The number of rotatable bonds is 0. The van der Waals surface area contributed by atoms with Crippen LogP contribution in [0.2, 0.25) is 0 Å². The number of aliphatic hydroxyl groups is 1. The Balaban J connectivity index is 1.61. The summed E-state index contributed by atoms with van der Waals surface area (Å²) in [7, 11) is 0. The van der Waals surface area contributed by atoms with Crippen LogP contribution in [0.25, 0.3) is 10.9 Å². The molecule has 1 fully saturated rings. The number of aryl methyl sites for hydroxylation is 2. The second-order valence-corrected chi connectivity index (χ2v) is 8.17. The predicted octanol–water partition coefficient (Wildman–Crippen LogP) is 1.49. The zero-order valence-electron chi connectivity index (χ0n) is 15.8. The van der Waals surface area contributed by atoms with Gasteiger partial charge >= 0.3 is 11.9 Å². The van der Waals surface area contributed by atoms with Crippen LogP contribution in [0.4, 0.5) is 4.39 Å². The van der Waals surface area contributed by atoms with E-state index in [0.29, 0.717) is 34.6 Å². The Labute approximate surface area is 165 Å². The number of allylic oxidation sites excluding steroid dienone is 1. The number of nitrogens with zero attached hydrogens (tertiary/aromatic N) is 2. The number of ether oxygens (including phenoxy) is 1. The fourth-order valence-corrected chi connectivity index (χ4v) is 5.23. The summed E-state index contributed by atoms with van der Waals surface area (Å²) in [5.41, 5.74) is 6.00. The molecule has 0 saturated carbocycles. The quantitative estimate of drug-likeness (QED) is 0.542. The minimum Gasteiger partial charge on any atom is -0.462 e. The Kier molecular flexibility index (Phi) is 3.26. The summed E-state index contributed by atoms with van der Waals surface area (Å²) in [5.74, 6) is -1.87. The van der Waals surface area contributed by atoms with Crippen LogP contribution in [-0.4, -0.2) is 45.0 Å². The van der Waals surface area contributed by atoms with Crippen molar-refractivity contribution in [1.82, 2.24) is 4.98 Å². The molecule has 1 aliphatic carbocycles. The standard InChI is InChI=1S/C22H18FN2O4/c1-9-10-3-2-4-11-13-7-25-17(19(13)24-16(18(10)11)6-15(9)23)5-12-14(21(25)27)8-29-22(28)20(12)26/h5-6,14,20,26H,2-4,7-8H2,1H3/q+1. The van der Waals surface area contributed by atoms with E-state index >= 15 is 0 Å². The summed E-state index contributed by atoms with van der Waals surface area (Å²) >= 11 is 0. The fraction of sp³-hybridized carbons (Fsp3) is 0.364. The monoisotopic (exact) mass is 393 g/mol. The van der Waals surface area contributed by atoms with Gasteiger partial charge in [0.1, 0.15) is 24.0 Å². The van der Waals surface area contributed by atoms with Gasteiger partial charge in [-0.1, -0.05) is 0 Å². The third-order valence-electron chi connectivity index (χ3n) is 6.72. The van der Waals surface area contributed by atoms with E-state index in [9.17, 15) is 19.1 Å². The molecule has 4 heterocycles. The summed E-state index contributed by atoms with van der Waals surface area (Å²) in [6.07, 6.45) is 2.87. The fourth-order valence-electron chi connectivity index (χ4n) is 5.23. The summed E-state index contributed by atoms with van der Waals surface area (Å²) in [4.78, 5) is 29.6. The van der Waals surface area contributed by atoms with Gasteiger partial charge in [0, 0.05) is 17.5 Å². The van der Waals surface area contributed by atoms with Gasteiger partial charge in [0.15, 0.2) is 12.6 Å². The highest BCUT2D eigenvalue weighted by Gasteiger charge is 2.50. The molecule has 146 valence electrons. The zero-order valence-corrected chi connectivity index (χ0v) is 15.8. The van der Waals surface area contributed by atoms with Crippen molar-refractivity contribution < 1.29 is 28.4 Å². The van der Waals surface area contributed by atoms with Crippen LogP contribution in [0.15, 0.2) is 17.7 Å². The number of benzene rings is 1. The van der Waals surface area contributed by atoms with E-state index in [-0.39, 0.29) is 18.3 Å². The first-order valence-corrected chi connectivity index (χ1v) is 9.84. The van der Waals surface area contributed by atoms with Gasteiger partial charge in [0.2, 0.25) is 5.71 Å². The summed E-state index contributed by atoms with van der Waals surface area (Å²) < 4.78 is 21.1. The maximum Gasteiger partial charge on any atom is 0.398 e. The highest BCUT2D eigenvalue weighted by Crippen LogP contribution is 2.39. The minimum absolute atomic E-state index is 0.0580. The van der Waals surface area contributed by atoms with Gasteiger partial charge in [-0.15, -0.1) is 0 Å². The number of pyridine rings is 1. The molecular weight excluding hydrogens is 375 g/mol. The van der Waals surface area contributed by atoms with Gasteiger partial charge in [0.05, 0.1) is 11.1 Å². The smallest absolute Gasteiger partial charge is 0.398 e. The van der Waals surface area contributed by atoms with Crippen LogP contribution in [0, 0.1) is 18.7 Å². The number of esters is 1. The molecule has 0 radical (unpaired) electrons. The Morgan fingerprint density at radius 1 is 1.24 bits per heavy atom. The summed E-state index contributed by atoms with van der Waals surface area (Å²) in [6.45, 7) is 2.15. The highest BCUT2D eigenvalue weighted by molar-refractivity contribution is 6.13. The minimum atomic E-state index is -1.44. The molecule has 2 atom stereocenters. The number of aromatic nitrogens is 1. The zero-order chi connectivity index (χ0) is 20.0. The molecule has 4 aliphatic rings. The molecule has 6 nitrogen and oxygen atoms in total. The Morgan fingerprint density at radius 2 is 2.03 bits per heavy atom. The number of halogens is 1. The van der Waals surface area contributed by atoms with Crippen molar-refractivity contribution in [3.8, 4) is 0 Å². The largest absolute Gasteiger partial charge is 0.462 e. The van der Waals surface area contributed by atoms with Crippen molar-refractivity contribution in [2.75, 3.05) is 6.61 Å². The molecule has 2 unspecified atom stereocenters. The lowest BCUT2D eigenvalue weighted by Gasteiger charge is -2.27. The van der Waals surface area contributed by atoms with Gasteiger partial charge < -0.3 is 9.84 Å². The lowest BCUT2D eigenvalue weighted by molar-refractivity contribution is -0.464. The number of amides is 1. The molecule has 1 aromatic carbocycles. The summed E-state index contributed by atoms with van der Waals surface area (Å²) in [5, 5.41) is 11.3. The Bertz CT molecular complexity index is 1240. The first kappa shape index (κ1) is 17.0. The van der Waals surface area contributed by atoms with Crippen molar-refractivity contribution in [2.24, 2.45) is 5.92 Å². The molecule has 1 aromatic heterocycles. The Hall–Kier alpha value is -2.93. The van der Waals surface area contributed by atoms with Gasteiger partial charge in [-0.25, -0.2) is 19.0 Å². The topological polar surface area (TPSA) is 79.5 Å². The van der Waals surface area contributed by atoms with E-state index < -0.39 is 18.0 Å². The highest BCUT2D eigenvalue weighted by atomic mass is 19.1. The van der Waals surface area contributed by atoms with E-state index in [1.807, 2.05) is 6.92 Å². The molecule has 29 heavy (non-hydrogen) atoms. The molecule has 0 bridgehead atoms. The van der Waals surface area contributed by atoms with Crippen LogP contribution in [0.3, 0.4) is 0 Å². The van der Waals surface area contributed by atoms with Crippen molar-refractivity contribution in [2.45, 2.75) is 38.8 Å². The third-order valence-corrected chi connectivity index (χ3v) is 6.72. The molecule has 2 aromatic rings. The van der Waals surface area contributed by atoms with Crippen molar-refractivity contribution in [3.63, 3.8) is 0 Å². The maximum atomic E-state index is 14.5. The maximum absolute atomic E-state index is 14.5. The molecule has 7 heteroatoms. The number of aliphatic hydroxyl groups excluding tert-OH is 1. The van der Waals surface area contributed by atoms with Gasteiger partial charge in [-0.05, 0) is 48.4 Å². The molecule has 1 amide bonds. The second kappa shape index (κ2) is 5.57. The molecular formula is C22H18FN2O4+. The Morgan fingerprint density at radius 3 is 2.86 bits per heavy atom. The summed E-state index contributed by atoms with van der Waals surface area (Å²) in [6, 6.07) is 1.47. The van der Waals surface area contributed by atoms with Crippen LogP contribution in [0.1, 0.15) is 34.4 Å². The van der Waals surface area contributed by atoms with E-state index in [2.05, 4.69) is 0 Å². The van der Waals surface area contributed by atoms with Gasteiger partial charge in [0.25, 0.3) is 0 Å². The molecule has 6 rings (SSSR count). The lowest BCUT2D eigenvalue weighted by Crippen LogP contribution is -2.46. The average molecular weight is 393 g/mol. The van der Waals surface area contributed by atoms with Crippen LogP contribution in [-0.2, 0) is 33.7 Å². The third kappa shape index (κ3) is 2.08. The number of fused-ring (bicyclic) bond motifs is 4. The normalized spacial score (nSPS) is 24.9. The van der Waals surface area contributed by atoms with Crippen LogP contribution < -0.4 is 0 Å². The number of carbonyl (C=O) groups is 2. The number of hydrogen-bond donors (Lipinski definition) is 1. The second-order valence-electron chi connectivity index (χ2n) is 8.17. The van der Waals surface area contributed by atoms with Crippen molar-refractivity contribution in [3.05, 3.63) is 51.5 Å². The van der Waals surface area contributed by atoms with Crippen molar-refractivity contribution in [1.29, 1.82) is 0 Å². The first-order valence-electron chi connectivity index (χ1n) is 9.84. The van der Waals surface area contributed by atoms with Gasteiger partial charge in [-0.3, -0.25) is 0 Å². The van der Waals surface area contributed by atoms with Gasteiger partial charge in [-0.2, -0.15) is 4.58 Å². The SMILES string of the molecule is Cc1c(F)cc2nc3c(c4c2c1CCC4)C[N+]1=C3C=C2C(O)C(=O)OCC2C1=O. The number of hydrogen-bond acceptors (Lipinski definition) is 5.